The van der Waals surface area contributed by atoms with E-state index in [0.717, 1.165) is 23.1 Å². The maximum absolute atomic E-state index is 11.6. The average Bonchev–Trinajstić information content (AvgIpc) is 3.02. The van der Waals surface area contributed by atoms with Gasteiger partial charge in [0.1, 0.15) is 10.6 Å². The Morgan fingerprint density at radius 2 is 2.14 bits per heavy atom. The molecule has 0 unspecified atom stereocenters. The molecule has 21 heavy (non-hydrogen) atoms. The van der Waals surface area contributed by atoms with Crippen LogP contribution in [0, 0.1) is 0 Å². The molecule has 5 nitrogen and oxygen atoms in total. The molecule has 0 saturated carbocycles. The predicted octanol–water partition coefficient (Wildman–Crippen LogP) is 2.42. The first-order chi connectivity index (χ1) is 10.2. The summed E-state index contributed by atoms with van der Waals surface area (Å²) in [6, 6.07) is 0. The molecule has 0 spiro atoms. The van der Waals surface area contributed by atoms with Gasteiger partial charge in [-0.3, -0.25) is 9.36 Å². The van der Waals surface area contributed by atoms with Gasteiger partial charge in [0.25, 0.3) is 0 Å². The van der Waals surface area contributed by atoms with E-state index in [1.807, 2.05) is 0 Å². The SMILES string of the molecule is Nc1nc(Cn2ccsc2=O)nc2sc3c(c12)CCCC3. The summed E-state index contributed by atoms with van der Waals surface area (Å²) < 4.78 is 1.61. The minimum Gasteiger partial charge on any atom is -0.383 e. The summed E-state index contributed by atoms with van der Waals surface area (Å²) in [5.41, 5.74) is 7.51. The fraction of sp³-hybridized carbons (Fsp3) is 0.357. The minimum absolute atomic E-state index is 0.00254. The Labute approximate surface area is 129 Å². The molecule has 3 heterocycles. The lowest BCUT2D eigenvalue weighted by molar-refractivity contribution is 0.700. The monoisotopic (exact) mass is 318 g/mol. The largest absolute Gasteiger partial charge is 0.383 e. The number of hydrogen-bond donors (Lipinski definition) is 1. The van der Waals surface area contributed by atoms with Crippen LogP contribution >= 0.6 is 22.7 Å². The van der Waals surface area contributed by atoms with E-state index in [4.69, 9.17) is 5.73 Å². The van der Waals surface area contributed by atoms with Crippen molar-refractivity contribution in [3.05, 3.63) is 37.5 Å². The lowest BCUT2D eigenvalue weighted by Gasteiger charge is -2.10. The number of thiazole rings is 1. The maximum atomic E-state index is 11.6. The number of rotatable bonds is 2. The van der Waals surface area contributed by atoms with Crippen LogP contribution in [0.3, 0.4) is 0 Å². The van der Waals surface area contributed by atoms with Gasteiger partial charge in [0.2, 0.25) is 0 Å². The van der Waals surface area contributed by atoms with Crippen molar-refractivity contribution >= 4 is 38.7 Å². The molecule has 0 saturated heterocycles. The number of anilines is 1. The molecule has 1 aliphatic carbocycles. The molecular formula is C14H14N4OS2. The molecule has 108 valence electrons. The lowest BCUT2D eigenvalue weighted by Crippen LogP contribution is -2.15. The summed E-state index contributed by atoms with van der Waals surface area (Å²) >= 11 is 2.91. The summed E-state index contributed by atoms with van der Waals surface area (Å²) in [7, 11) is 0. The number of fused-ring (bicyclic) bond motifs is 3. The minimum atomic E-state index is 0.00254. The Morgan fingerprint density at radius 3 is 2.95 bits per heavy atom. The van der Waals surface area contributed by atoms with Crippen LogP contribution in [-0.4, -0.2) is 14.5 Å². The molecule has 0 bridgehead atoms. The van der Waals surface area contributed by atoms with Crippen molar-refractivity contribution in [2.75, 3.05) is 5.73 Å². The van der Waals surface area contributed by atoms with Gasteiger partial charge in [-0.1, -0.05) is 11.3 Å². The Bertz CT molecular complexity index is 877. The molecule has 3 aromatic heterocycles. The maximum Gasteiger partial charge on any atom is 0.307 e. The van der Waals surface area contributed by atoms with Crippen LogP contribution in [0.5, 0.6) is 0 Å². The van der Waals surface area contributed by atoms with E-state index in [2.05, 4.69) is 9.97 Å². The molecule has 0 aromatic carbocycles. The molecule has 0 atom stereocenters. The lowest BCUT2D eigenvalue weighted by atomic mass is 9.97. The first-order valence-corrected chi connectivity index (χ1v) is 8.62. The second-order valence-corrected chi connectivity index (χ2v) is 7.15. The van der Waals surface area contributed by atoms with Crippen LogP contribution in [0.2, 0.25) is 0 Å². The molecular weight excluding hydrogens is 304 g/mol. The molecule has 1 aliphatic rings. The first-order valence-electron chi connectivity index (χ1n) is 6.93. The number of nitrogen functional groups attached to an aromatic ring is 1. The zero-order chi connectivity index (χ0) is 14.4. The number of aromatic nitrogens is 3. The standard InChI is InChI=1S/C14H14N4OS2/c15-12-11-8-3-1-2-4-9(8)21-13(11)17-10(16-12)7-18-5-6-20-14(18)19/h5-6H,1-4,7H2,(H2,15,16,17). The van der Waals surface area contributed by atoms with Gasteiger partial charge in [0.05, 0.1) is 11.9 Å². The van der Waals surface area contributed by atoms with Gasteiger partial charge in [-0.15, -0.1) is 11.3 Å². The summed E-state index contributed by atoms with van der Waals surface area (Å²) in [4.78, 5) is 23.0. The van der Waals surface area contributed by atoms with E-state index >= 15 is 0 Å². The van der Waals surface area contributed by atoms with Crippen LogP contribution in [0.25, 0.3) is 10.2 Å². The number of thiophene rings is 1. The Morgan fingerprint density at radius 1 is 1.29 bits per heavy atom. The van der Waals surface area contributed by atoms with Crippen molar-refractivity contribution < 1.29 is 0 Å². The third-order valence-electron chi connectivity index (χ3n) is 3.84. The highest BCUT2D eigenvalue weighted by Crippen LogP contribution is 2.37. The molecule has 0 radical (unpaired) electrons. The summed E-state index contributed by atoms with van der Waals surface area (Å²) in [5, 5.41) is 2.81. The smallest absolute Gasteiger partial charge is 0.307 e. The summed E-state index contributed by atoms with van der Waals surface area (Å²) in [6.45, 7) is 0.380. The van der Waals surface area contributed by atoms with Crippen molar-refractivity contribution in [1.82, 2.24) is 14.5 Å². The third kappa shape index (κ3) is 2.16. The highest BCUT2D eigenvalue weighted by molar-refractivity contribution is 7.19. The fourth-order valence-corrected chi connectivity index (χ4v) is 4.74. The van der Waals surface area contributed by atoms with Crippen LogP contribution in [0.1, 0.15) is 29.1 Å². The van der Waals surface area contributed by atoms with Crippen molar-refractivity contribution in [2.24, 2.45) is 0 Å². The normalized spacial score (nSPS) is 14.5. The third-order valence-corrected chi connectivity index (χ3v) is 5.72. The van der Waals surface area contributed by atoms with Gasteiger partial charge in [-0.25, -0.2) is 9.97 Å². The Kier molecular flexibility index (Phi) is 3.04. The molecule has 7 heteroatoms. The summed E-state index contributed by atoms with van der Waals surface area (Å²) in [6.07, 6.45) is 6.41. The van der Waals surface area contributed by atoms with E-state index in [0.29, 0.717) is 18.2 Å². The van der Waals surface area contributed by atoms with Crippen molar-refractivity contribution in [2.45, 2.75) is 32.2 Å². The van der Waals surface area contributed by atoms with Crippen molar-refractivity contribution in [3.63, 3.8) is 0 Å². The van der Waals surface area contributed by atoms with Crippen molar-refractivity contribution in [1.29, 1.82) is 0 Å². The van der Waals surface area contributed by atoms with Crippen molar-refractivity contribution in [3.8, 4) is 0 Å². The molecule has 2 N–H and O–H groups in total. The van der Waals surface area contributed by atoms with Gasteiger partial charge >= 0.3 is 4.87 Å². The van der Waals surface area contributed by atoms with Gasteiger partial charge < -0.3 is 5.73 Å². The highest BCUT2D eigenvalue weighted by atomic mass is 32.1. The van der Waals surface area contributed by atoms with Crippen LogP contribution < -0.4 is 10.6 Å². The Balaban J connectivity index is 1.82. The molecule has 0 aliphatic heterocycles. The van der Waals surface area contributed by atoms with E-state index < -0.39 is 0 Å². The number of nitrogens with two attached hydrogens (primary N) is 1. The summed E-state index contributed by atoms with van der Waals surface area (Å²) in [5.74, 6) is 1.16. The van der Waals surface area contributed by atoms with Gasteiger partial charge in [0, 0.05) is 16.5 Å². The zero-order valence-electron chi connectivity index (χ0n) is 11.3. The van der Waals surface area contributed by atoms with E-state index in [9.17, 15) is 4.79 Å². The van der Waals surface area contributed by atoms with E-state index in [-0.39, 0.29) is 4.87 Å². The number of aryl methyl sites for hydroxylation is 2. The van der Waals surface area contributed by atoms with E-state index in [1.165, 1.54) is 34.6 Å². The predicted molar refractivity (Wildman–Crippen MR) is 86.2 cm³/mol. The first kappa shape index (κ1) is 13.0. The van der Waals surface area contributed by atoms with Gasteiger partial charge in [0.15, 0.2) is 5.82 Å². The number of hydrogen-bond acceptors (Lipinski definition) is 6. The molecule has 3 aromatic rings. The highest BCUT2D eigenvalue weighted by Gasteiger charge is 2.20. The molecule has 4 rings (SSSR count). The van der Waals surface area contributed by atoms with Crippen LogP contribution in [0.4, 0.5) is 5.82 Å². The fourth-order valence-electron chi connectivity index (χ4n) is 2.86. The molecule has 0 amide bonds. The number of nitrogens with zero attached hydrogens (tertiary/aromatic N) is 3. The van der Waals surface area contributed by atoms with Crippen LogP contribution in [-0.2, 0) is 19.4 Å². The Hall–Kier alpha value is -1.73. The van der Waals surface area contributed by atoms with Gasteiger partial charge in [-0.05, 0) is 31.2 Å². The zero-order valence-corrected chi connectivity index (χ0v) is 13.0. The second-order valence-electron chi connectivity index (χ2n) is 5.21. The molecule has 0 fully saturated rings. The average molecular weight is 318 g/mol. The van der Waals surface area contributed by atoms with Crippen LogP contribution in [0.15, 0.2) is 16.4 Å². The quantitative estimate of drug-likeness (QED) is 0.787. The van der Waals surface area contributed by atoms with Gasteiger partial charge in [-0.2, -0.15) is 0 Å². The topological polar surface area (TPSA) is 73.8 Å². The second kappa shape index (κ2) is 4.92. The van der Waals surface area contributed by atoms with E-state index in [1.54, 1.807) is 27.5 Å².